The van der Waals surface area contributed by atoms with Crippen LogP contribution in [0.1, 0.15) is 65.9 Å². The third kappa shape index (κ3) is 4.96. The van der Waals surface area contributed by atoms with Crippen molar-refractivity contribution in [2.75, 3.05) is 0 Å². The van der Waals surface area contributed by atoms with Crippen LogP contribution in [0.4, 0.5) is 13.2 Å². The Balaban J connectivity index is 1.24. The lowest BCUT2D eigenvalue weighted by atomic mass is 9.76. The molecule has 4 aromatic rings. The van der Waals surface area contributed by atoms with Gasteiger partial charge in [-0.1, -0.05) is 60.4 Å². The first-order valence-electron chi connectivity index (χ1n) is 14.1. The number of hydrogen-bond donors (Lipinski definition) is 2. The van der Waals surface area contributed by atoms with Crippen LogP contribution < -0.4 is 10.8 Å². The summed E-state index contributed by atoms with van der Waals surface area (Å²) in [6.07, 6.45) is -2.37. The molecule has 7 nitrogen and oxygen atoms in total. The SMILES string of the molecule is CCC1(CC)OB(O)c2cc(CNC(=O)c3ccc(C4=NOC(c5cc(Cl)cc(Cl)c5)(C(F)(F)F)C4)c4cccn34)ccc21. The number of amides is 1. The summed E-state index contributed by atoms with van der Waals surface area (Å²) in [4.78, 5) is 18.5. The van der Waals surface area contributed by atoms with Crippen molar-refractivity contribution in [3.8, 4) is 0 Å². The molecule has 13 heteroatoms. The van der Waals surface area contributed by atoms with E-state index in [4.69, 9.17) is 32.7 Å². The van der Waals surface area contributed by atoms with Crippen molar-refractivity contribution < 1.29 is 32.5 Å². The monoisotopic (exact) mass is 643 g/mol. The van der Waals surface area contributed by atoms with E-state index in [9.17, 15) is 23.0 Å². The Morgan fingerprint density at radius 2 is 1.82 bits per heavy atom. The van der Waals surface area contributed by atoms with Crippen molar-refractivity contribution in [3.05, 3.63) is 105 Å². The van der Waals surface area contributed by atoms with Gasteiger partial charge in [0.1, 0.15) is 5.69 Å². The average molecular weight is 644 g/mol. The summed E-state index contributed by atoms with van der Waals surface area (Å²) in [5, 5.41) is 17.4. The van der Waals surface area contributed by atoms with Crippen LogP contribution in [0.3, 0.4) is 0 Å². The van der Waals surface area contributed by atoms with E-state index in [2.05, 4.69) is 10.5 Å². The van der Waals surface area contributed by atoms with Crippen molar-refractivity contribution in [2.45, 2.75) is 57.0 Å². The first kappa shape index (κ1) is 30.5. The zero-order valence-corrected chi connectivity index (χ0v) is 25.2. The minimum atomic E-state index is -4.83. The normalized spacial score (nSPS) is 19.2. The van der Waals surface area contributed by atoms with Crippen molar-refractivity contribution in [1.82, 2.24) is 9.72 Å². The van der Waals surface area contributed by atoms with Gasteiger partial charge in [0.05, 0.1) is 23.3 Å². The Bertz CT molecular complexity index is 1790. The maximum absolute atomic E-state index is 14.5. The fourth-order valence-electron chi connectivity index (χ4n) is 6.16. The zero-order chi connectivity index (χ0) is 31.4. The van der Waals surface area contributed by atoms with Crippen LogP contribution in [0.15, 0.2) is 72.0 Å². The Morgan fingerprint density at radius 1 is 1.09 bits per heavy atom. The van der Waals surface area contributed by atoms with E-state index >= 15 is 0 Å². The number of carbonyl (C=O) groups is 1. The molecule has 1 amide bonds. The molecule has 2 aliphatic heterocycles. The van der Waals surface area contributed by atoms with Gasteiger partial charge in [0.25, 0.3) is 11.5 Å². The fourth-order valence-corrected chi connectivity index (χ4v) is 6.68. The van der Waals surface area contributed by atoms with Crippen molar-refractivity contribution in [1.29, 1.82) is 0 Å². The molecule has 0 bridgehead atoms. The summed E-state index contributed by atoms with van der Waals surface area (Å²) in [5.74, 6) is -0.394. The Hall–Kier alpha value is -3.51. The van der Waals surface area contributed by atoms with Gasteiger partial charge in [-0.15, -0.1) is 0 Å². The molecular formula is C31H27BCl2F3N3O4. The van der Waals surface area contributed by atoms with Gasteiger partial charge in [-0.05, 0) is 71.9 Å². The average Bonchev–Trinajstić information content (AvgIpc) is 3.72. The number of alkyl halides is 3. The molecule has 2 N–H and O–H groups in total. The number of oxime groups is 1. The zero-order valence-electron chi connectivity index (χ0n) is 23.7. The quantitative estimate of drug-likeness (QED) is 0.226. The molecule has 0 saturated carbocycles. The number of pyridine rings is 1. The van der Waals surface area contributed by atoms with Crippen LogP contribution in [0.2, 0.25) is 10.0 Å². The number of nitrogens with zero attached hydrogens (tertiary/aromatic N) is 2. The lowest BCUT2D eigenvalue weighted by Gasteiger charge is -2.29. The van der Waals surface area contributed by atoms with E-state index < -0.39 is 36.8 Å². The predicted octanol–water partition coefficient (Wildman–Crippen LogP) is 6.49. The maximum atomic E-state index is 14.5. The highest BCUT2D eigenvalue weighted by Gasteiger charge is 2.62. The molecule has 1 atom stereocenters. The van der Waals surface area contributed by atoms with Crippen LogP contribution >= 0.6 is 23.2 Å². The van der Waals surface area contributed by atoms with Gasteiger partial charge in [0.2, 0.25) is 0 Å². The highest BCUT2D eigenvalue weighted by atomic mass is 35.5. The van der Waals surface area contributed by atoms with Crippen LogP contribution in [0.5, 0.6) is 0 Å². The van der Waals surface area contributed by atoms with Crippen molar-refractivity contribution >= 4 is 52.9 Å². The topological polar surface area (TPSA) is 84.6 Å². The third-order valence-corrected chi connectivity index (χ3v) is 8.99. The van der Waals surface area contributed by atoms with Gasteiger partial charge in [-0.2, -0.15) is 13.2 Å². The summed E-state index contributed by atoms with van der Waals surface area (Å²) in [5.41, 5.74) is 0.0420. The lowest BCUT2D eigenvalue weighted by molar-refractivity contribution is -0.275. The Labute approximate surface area is 261 Å². The summed E-state index contributed by atoms with van der Waals surface area (Å²) < 4.78 is 51.0. The van der Waals surface area contributed by atoms with Gasteiger partial charge in [0, 0.05) is 33.9 Å². The molecule has 2 aromatic carbocycles. The molecule has 0 aliphatic carbocycles. The highest BCUT2D eigenvalue weighted by molar-refractivity contribution is 6.62. The van der Waals surface area contributed by atoms with E-state index in [0.717, 1.165) is 24.0 Å². The summed E-state index contributed by atoms with van der Waals surface area (Å²) >= 11 is 12.0. The molecule has 0 spiro atoms. The van der Waals surface area contributed by atoms with E-state index in [1.54, 1.807) is 28.8 Å². The summed E-state index contributed by atoms with van der Waals surface area (Å²) in [6, 6.07) is 15.8. The van der Waals surface area contributed by atoms with Gasteiger partial charge in [-0.25, -0.2) is 0 Å². The van der Waals surface area contributed by atoms with Crippen LogP contribution in [0, 0.1) is 0 Å². The molecule has 4 heterocycles. The predicted molar refractivity (Wildman–Crippen MR) is 162 cm³/mol. The second kappa shape index (κ2) is 11.1. The largest absolute Gasteiger partial charge is 0.492 e. The molecule has 228 valence electrons. The Morgan fingerprint density at radius 3 is 2.50 bits per heavy atom. The van der Waals surface area contributed by atoms with E-state index in [1.807, 2.05) is 32.0 Å². The number of aromatic nitrogens is 1. The molecule has 0 saturated heterocycles. The second-order valence-corrected chi connectivity index (χ2v) is 11.8. The van der Waals surface area contributed by atoms with E-state index in [1.165, 1.54) is 24.3 Å². The second-order valence-electron chi connectivity index (χ2n) is 11.0. The molecular weight excluding hydrogens is 617 g/mol. The minimum Gasteiger partial charge on any atom is -0.423 e. The summed E-state index contributed by atoms with van der Waals surface area (Å²) in [7, 11) is -1.04. The minimum absolute atomic E-state index is 0.0388. The van der Waals surface area contributed by atoms with Crippen LogP contribution in [0.25, 0.3) is 5.52 Å². The van der Waals surface area contributed by atoms with Crippen LogP contribution in [-0.4, -0.2) is 34.3 Å². The first-order chi connectivity index (χ1) is 20.9. The number of halogens is 5. The number of benzene rings is 2. The smallest absolute Gasteiger partial charge is 0.423 e. The third-order valence-electron chi connectivity index (χ3n) is 8.56. The molecule has 6 rings (SSSR count). The lowest BCUT2D eigenvalue weighted by Crippen LogP contribution is -2.42. The molecule has 44 heavy (non-hydrogen) atoms. The number of nitrogens with one attached hydrogen (secondary N) is 1. The van der Waals surface area contributed by atoms with Crippen molar-refractivity contribution in [3.63, 3.8) is 0 Å². The number of carbonyl (C=O) groups excluding carboxylic acids is 1. The number of hydrogen-bond acceptors (Lipinski definition) is 5. The highest BCUT2D eigenvalue weighted by Crippen LogP contribution is 2.50. The number of rotatable bonds is 7. The van der Waals surface area contributed by atoms with E-state index in [0.29, 0.717) is 16.5 Å². The fraction of sp³-hybridized carbons (Fsp3) is 0.290. The van der Waals surface area contributed by atoms with Gasteiger partial charge < -0.3 is 24.2 Å². The molecule has 1 unspecified atom stereocenters. The molecule has 0 fully saturated rings. The van der Waals surface area contributed by atoms with Gasteiger partial charge in [0.15, 0.2) is 0 Å². The van der Waals surface area contributed by atoms with Gasteiger partial charge >= 0.3 is 13.3 Å². The van der Waals surface area contributed by atoms with E-state index in [-0.39, 0.29) is 33.6 Å². The van der Waals surface area contributed by atoms with Crippen molar-refractivity contribution in [2.24, 2.45) is 5.16 Å². The van der Waals surface area contributed by atoms with Crippen LogP contribution in [-0.2, 0) is 27.2 Å². The maximum Gasteiger partial charge on any atom is 0.492 e. The van der Waals surface area contributed by atoms with Gasteiger partial charge in [-0.3, -0.25) is 4.79 Å². The first-order valence-corrected chi connectivity index (χ1v) is 14.8. The Kier molecular flexibility index (Phi) is 7.72. The molecule has 2 aliphatic rings. The molecule has 0 radical (unpaired) electrons. The molecule has 2 aromatic heterocycles. The number of fused-ring (bicyclic) bond motifs is 2. The standard InChI is InChI=1S/C31H27BCl2F3N3O4/c1-3-29(4-2)23-9-7-18(12-24(23)32(42)43-29)17-38-28(41)27-10-8-22(26-6-5-11-40(26)27)25-16-30(44-39-25,31(35,36)37)19-13-20(33)15-21(34)14-19/h5-15,42H,3-4,16-17H2,1-2H3,(H,38,41). The summed E-state index contributed by atoms with van der Waals surface area (Å²) in [6.45, 7) is 4.22.